The van der Waals surface area contributed by atoms with Crippen LogP contribution in [-0.2, 0) is 7.05 Å². The van der Waals surface area contributed by atoms with Gasteiger partial charge in [-0.25, -0.2) is 4.98 Å². The second-order valence-electron chi connectivity index (χ2n) is 3.29. The minimum atomic E-state index is 0.493. The second kappa shape index (κ2) is 4.14. The zero-order valence-electron chi connectivity index (χ0n) is 9.04. The highest BCUT2D eigenvalue weighted by molar-refractivity contribution is 5.84. The van der Waals surface area contributed by atoms with E-state index in [2.05, 4.69) is 10.1 Å². The zero-order chi connectivity index (χ0) is 11.5. The number of carbonyl (C=O) groups is 1. The van der Waals surface area contributed by atoms with Gasteiger partial charge in [0.25, 0.3) is 0 Å². The smallest absolute Gasteiger partial charge is 0.184 e. The van der Waals surface area contributed by atoms with Crippen molar-refractivity contribution in [3.05, 3.63) is 30.1 Å². The summed E-state index contributed by atoms with van der Waals surface area (Å²) < 4.78 is 6.81. The van der Waals surface area contributed by atoms with E-state index in [4.69, 9.17) is 4.74 Å². The van der Waals surface area contributed by atoms with Crippen molar-refractivity contribution < 1.29 is 9.53 Å². The lowest BCUT2D eigenvalue weighted by atomic mass is 10.1. The van der Waals surface area contributed by atoms with Crippen molar-refractivity contribution in [2.45, 2.75) is 0 Å². The van der Waals surface area contributed by atoms with E-state index in [0.29, 0.717) is 22.7 Å². The van der Waals surface area contributed by atoms with Gasteiger partial charge in [0.1, 0.15) is 12.1 Å². The van der Waals surface area contributed by atoms with Gasteiger partial charge in [-0.1, -0.05) is 6.07 Å². The van der Waals surface area contributed by atoms with Crippen molar-refractivity contribution in [3.63, 3.8) is 0 Å². The fourth-order valence-corrected chi connectivity index (χ4v) is 1.51. The van der Waals surface area contributed by atoms with Crippen molar-refractivity contribution in [2.75, 3.05) is 7.11 Å². The molecule has 5 heteroatoms. The number of aldehydes is 1. The van der Waals surface area contributed by atoms with Crippen LogP contribution < -0.4 is 4.74 Å². The summed E-state index contributed by atoms with van der Waals surface area (Å²) >= 11 is 0. The van der Waals surface area contributed by atoms with Crippen LogP contribution in [0.15, 0.2) is 24.5 Å². The van der Waals surface area contributed by atoms with Crippen LogP contribution >= 0.6 is 0 Å². The molecule has 0 aliphatic heterocycles. The highest BCUT2D eigenvalue weighted by Crippen LogP contribution is 2.29. The molecule has 1 aromatic heterocycles. The Bertz CT molecular complexity index is 520. The molecule has 0 amide bonds. The van der Waals surface area contributed by atoms with Gasteiger partial charge < -0.3 is 4.74 Å². The fraction of sp³-hybridized carbons (Fsp3) is 0.182. The summed E-state index contributed by atoms with van der Waals surface area (Å²) in [4.78, 5) is 15.0. The molecule has 1 aromatic carbocycles. The maximum atomic E-state index is 10.8. The molecular weight excluding hydrogens is 206 g/mol. The van der Waals surface area contributed by atoms with E-state index < -0.39 is 0 Å². The lowest BCUT2D eigenvalue weighted by Gasteiger charge is -2.07. The predicted octanol–water partition coefficient (Wildman–Crippen LogP) is 1.30. The maximum Gasteiger partial charge on any atom is 0.184 e. The minimum absolute atomic E-state index is 0.493. The van der Waals surface area contributed by atoms with E-state index >= 15 is 0 Å². The van der Waals surface area contributed by atoms with Crippen LogP contribution in [0.4, 0.5) is 0 Å². The summed E-state index contributed by atoms with van der Waals surface area (Å²) in [5.74, 6) is 1.05. The molecule has 0 saturated carbocycles. The Kier molecular flexibility index (Phi) is 2.68. The van der Waals surface area contributed by atoms with Gasteiger partial charge in [-0.15, -0.1) is 0 Å². The Morgan fingerprint density at radius 1 is 1.44 bits per heavy atom. The van der Waals surface area contributed by atoms with Crippen LogP contribution in [0.5, 0.6) is 5.75 Å². The summed E-state index contributed by atoms with van der Waals surface area (Å²) in [5, 5.41) is 4.17. The molecule has 0 saturated heterocycles. The number of benzene rings is 1. The summed E-state index contributed by atoms with van der Waals surface area (Å²) in [6.07, 6.45) is 2.35. The van der Waals surface area contributed by atoms with Crippen molar-refractivity contribution in [3.8, 4) is 17.1 Å². The summed E-state index contributed by atoms with van der Waals surface area (Å²) in [5.41, 5.74) is 1.21. The molecule has 5 nitrogen and oxygen atoms in total. The van der Waals surface area contributed by atoms with Gasteiger partial charge in [-0.2, -0.15) is 5.10 Å². The summed E-state index contributed by atoms with van der Waals surface area (Å²) in [6, 6.07) is 5.29. The van der Waals surface area contributed by atoms with Crippen LogP contribution in [0.1, 0.15) is 10.4 Å². The Hall–Kier alpha value is -2.17. The molecule has 0 unspecified atom stereocenters. The molecule has 0 N–H and O–H groups in total. The normalized spacial score (nSPS) is 10.1. The van der Waals surface area contributed by atoms with Gasteiger partial charge >= 0.3 is 0 Å². The molecule has 16 heavy (non-hydrogen) atoms. The van der Waals surface area contributed by atoms with E-state index in [0.717, 1.165) is 6.29 Å². The number of hydrogen-bond acceptors (Lipinski definition) is 4. The molecule has 0 fully saturated rings. The van der Waals surface area contributed by atoms with Crippen LogP contribution in [0.25, 0.3) is 11.4 Å². The SMILES string of the molecule is COc1c(C=O)cccc1-c1ncn(C)n1. The van der Waals surface area contributed by atoms with E-state index in [1.165, 1.54) is 7.11 Å². The van der Waals surface area contributed by atoms with Crippen molar-refractivity contribution >= 4 is 6.29 Å². The molecule has 0 spiro atoms. The molecule has 2 aromatic rings. The van der Waals surface area contributed by atoms with Crippen LogP contribution in [0.2, 0.25) is 0 Å². The number of ether oxygens (including phenoxy) is 1. The van der Waals surface area contributed by atoms with Crippen LogP contribution in [0.3, 0.4) is 0 Å². The molecule has 1 heterocycles. The topological polar surface area (TPSA) is 57.0 Å². The van der Waals surface area contributed by atoms with Crippen molar-refractivity contribution in [1.29, 1.82) is 0 Å². The Morgan fingerprint density at radius 2 is 2.25 bits per heavy atom. The van der Waals surface area contributed by atoms with Gasteiger partial charge in [-0.3, -0.25) is 9.48 Å². The quantitative estimate of drug-likeness (QED) is 0.727. The van der Waals surface area contributed by atoms with Gasteiger partial charge in [0.2, 0.25) is 0 Å². The average molecular weight is 217 g/mol. The lowest BCUT2D eigenvalue weighted by molar-refractivity contribution is 0.112. The molecule has 0 bridgehead atoms. The first-order valence-corrected chi connectivity index (χ1v) is 4.74. The number of aryl methyl sites for hydroxylation is 1. The molecule has 0 aliphatic carbocycles. The van der Waals surface area contributed by atoms with Gasteiger partial charge in [0.05, 0.1) is 18.2 Å². The maximum absolute atomic E-state index is 10.8. The first-order valence-electron chi connectivity index (χ1n) is 4.74. The van der Waals surface area contributed by atoms with Crippen LogP contribution in [-0.4, -0.2) is 28.2 Å². The highest BCUT2D eigenvalue weighted by atomic mass is 16.5. The summed E-state index contributed by atoms with van der Waals surface area (Å²) in [6.45, 7) is 0. The molecule has 0 aliphatic rings. The third kappa shape index (κ3) is 1.67. The monoisotopic (exact) mass is 217 g/mol. The van der Waals surface area contributed by atoms with Crippen molar-refractivity contribution in [1.82, 2.24) is 14.8 Å². The van der Waals surface area contributed by atoms with Gasteiger partial charge in [0, 0.05) is 7.05 Å². The first kappa shape index (κ1) is 10.4. The number of rotatable bonds is 3. The highest BCUT2D eigenvalue weighted by Gasteiger charge is 2.13. The minimum Gasteiger partial charge on any atom is -0.495 e. The van der Waals surface area contributed by atoms with E-state index in [1.54, 1.807) is 30.2 Å². The third-order valence-corrected chi connectivity index (χ3v) is 2.22. The number of carbonyl (C=O) groups excluding carboxylic acids is 1. The fourth-order valence-electron chi connectivity index (χ4n) is 1.51. The molecule has 2 rings (SSSR count). The third-order valence-electron chi connectivity index (χ3n) is 2.22. The number of methoxy groups -OCH3 is 1. The van der Waals surface area contributed by atoms with Gasteiger partial charge in [0.15, 0.2) is 12.1 Å². The predicted molar refractivity (Wildman–Crippen MR) is 58.4 cm³/mol. The number of aromatic nitrogens is 3. The van der Waals surface area contributed by atoms with E-state index in [1.807, 2.05) is 6.07 Å². The van der Waals surface area contributed by atoms with E-state index in [-0.39, 0.29) is 0 Å². The number of hydrogen-bond donors (Lipinski definition) is 0. The summed E-state index contributed by atoms with van der Waals surface area (Å²) in [7, 11) is 3.31. The number of nitrogens with zero attached hydrogens (tertiary/aromatic N) is 3. The van der Waals surface area contributed by atoms with E-state index in [9.17, 15) is 4.79 Å². The average Bonchev–Trinajstić information content (AvgIpc) is 2.74. The largest absolute Gasteiger partial charge is 0.495 e. The Labute approximate surface area is 92.7 Å². The molecular formula is C11H11N3O2. The molecule has 82 valence electrons. The number of para-hydroxylation sites is 1. The first-order chi connectivity index (χ1) is 7.76. The van der Waals surface area contributed by atoms with Crippen LogP contribution in [0, 0.1) is 0 Å². The van der Waals surface area contributed by atoms with Gasteiger partial charge in [-0.05, 0) is 12.1 Å². The Morgan fingerprint density at radius 3 is 2.81 bits per heavy atom. The zero-order valence-corrected chi connectivity index (χ0v) is 9.04. The van der Waals surface area contributed by atoms with Crippen molar-refractivity contribution in [2.24, 2.45) is 7.05 Å². The molecule has 0 atom stereocenters. The lowest BCUT2D eigenvalue weighted by Crippen LogP contribution is -1.95. The Balaban J connectivity index is 2.60. The second-order valence-corrected chi connectivity index (χ2v) is 3.29. The standard InChI is InChI=1S/C11H11N3O2/c1-14-7-12-11(13-14)9-5-3-4-8(6-15)10(9)16-2/h3-7H,1-2H3. The molecule has 0 radical (unpaired) electrons.